The number of nitrogens with zero attached hydrogens (tertiary/aromatic N) is 2. The molecule has 0 aliphatic carbocycles. The molecule has 2 aromatic carbocycles. The van der Waals surface area contributed by atoms with Gasteiger partial charge in [-0.25, -0.2) is 18.7 Å². The van der Waals surface area contributed by atoms with Crippen LogP contribution < -0.4 is 16.0 Å². The number of ether oxygens (including phenoxy) is 1. The Morgan fingerprint density at radius 3 is 2.69 bits per heavy atom. The summed E-state index contributed by atoms with van der Waals surface area (Å²) >= 11 is 0. The second-order valence-corrected chi connectivity index (χ2v) is 9.75. The van der Waals surface area contributed by atoms with Crippen molar-refractivity contribution >= 4 is 16.8 Å². The van der Waals surface area contributed by atoms with Gasteiger partial charge in [0.1, 0.15) is 11.6 Å². The maximum Gasteiger partial charge on any atom is 0.249 e. The van der Waals surface area contributed by atoms with Gasteiger partial charge in [-0.3, -0.25) is 19.9 Å². The van der Waals surface area contributed by atoms with Gasteiger partial charge in [-0.1, -0.05) is 11.8 Å². The number of carbonyl (C=O) groups is 1. The van der Waals surface area contributed by atoms with Gasteiger partial charge in [0.15, 0.2) is 11.6 Å². The van der Waals surface area contributed by atoms with E-state index in [0.717, 1.165) is 33.8 Å². The molecule has 1 aliphatic heterocycles. The number of aryl methyl sites for hydroxylation is 1. The summed E-state index contributed by atoms with van der Waals surface area (Å²) in [5, 5.41) is 10.4. The third-order valence-corrected chi connectivity index (χ3v) is 7.49. The Balaban J connectivity index is 1.43. The standard InChI is InChI=1S/C29H31F3N4O3/c1-39-22-6-7-26-24(16-22)23(20(17-33)18-34-26)5-2-8-29(28(37)35-38)9-12-36(13-10-29)11-3-4-19-14-21(30)15-25(31)27(19)32/h6-7,14-16,18,38H,2,5,8-13,17,33H2,1H3,(H,35,37). The number of aromatic nitrogens is 1. The fourth-order valence-corrected chi connectivity index (χ4v) is 5.21. The van der Waals surface area contributed by atoms with Gasteiger partial charge in [-0.15, -0.1) is 0 Å². The maximum atomic E-state index is 13.8. The number of pyridine rings is 1. The Kier molecular flexibility index (Phi) is 9.07. The predicted molar refractivity (Wildman–Crippen MR) is 140 cm³/mol. The smallest absolute Gasteiger partial charge is 0.249 e. The number of amides is 1. The van der Waals surface area contributed by atoms with E-state index in [0.29, 0.717) is 57.8 Å². The highest BCUT2D eigenvalue weighted by molar-refractivity contribution is 5.84. The van der Waals surface area contributed by atoms with Crippen molar-refractivity contribution in [1.82, 2.24) is 15.4 Å². The van der Waals surface area contributed by atoms with E-state index in [1.165, 1.54) is 0 Å². The minimum absolute atomic E-state index is 0.249. The first-order valence-corrected chi connectivity index (χ1v) is 12.7. The van der Waals surface area contributed by atoms with Crippen molar-refractivity contribution in [3.05, 3.63) is 70.7 Å². The van der Waals surface area contributed by atoms with E-state index < -0.39 is 28.8 Å². The van der Waals surface area contributed by atoms with E-state index in [2.05, 4.69) is 16.8 Å². The molecule has 4 rings (SSSR count). The first-order valence-electron chi connectivity index (χ1n) is 12.7. The van der Waals surface area contributed by atoms with Gasteiger partial charge in [-0.05, 0) is 67.5 Å². The number of benzene rings is 2. The molecule has 0 atom stereocenters. The Morgan fingerprint density at radius 2 is 2.00 bits per heavy atom. The van der Waals surface area contributed by atoms with Gasteiger partial charge in [0, 0.05) is 37.3 Å². The third kappa shape index (κ3) is 6.33. The molecule has 39 heavy (non-hydrogen) atoms. The van der Waals surface area contributed by atoms with E-state index in [-0.39, 0.29) is 12.1 Å². The van der Waals surface area contributed by atoms with Crippen molar-refractivity contribution < 1.29 is 27.9 Å². The van der Waals surface area contributed by atoms with Crippen molar-refractivity contribution in [1.29, 1.82) is 0 Å². The van der Waals surface area contributed by atoms with Gasteiger partial charge in [0.25, 0.3) is 0 Å². The van der Waals surface area contributed by atoms with Crippen LogP contribution in [0.5, 0.6) is 5.75 Å². The molecule has 0 unspecified atom stereocenters. The van der Waals surface area contributed by atoms with E-state index in [1.807, 2.05) is 28.6 Å². The Morgan fingerprint density at radius 1 is 1.23 bits per heavy atom. The van der Waals surface area contributed by atoms with Crippen LogP contribution >= 0.6 is 0 Å². The van der Waals surface area contributed by atoms with Crippen LogP contribution in [0.4, 0.5) is 13.2 Å². The monoisotopic (exact) mass is 540 g/mol. The maximum absolute atomic E-state index is 13.8. The number of hydrogen-bond acceptors (Lipinski definition) is 6. The molecule has 206 valence electrons. The van der Waals surface area contributed by atoms with Gasteiger partial charge < -0.3 is 10.5 Å². The zero-order valence-electron chi connectivity index (χ0n) is 21.7. The minimum Gasteiger partial charge on any atom is -0.497 e. The molecule has 7 nitrogen and oxygen atoms in total. The normalized spacial score (nSPS) is 15.0. The molecule has 1 amide bonds. The summed E-state index contributed by atoms with van der Waals surface area (Å²) in [5.41, 5.74) is 9.57. The molecule has 1 aromatic heterocycles. The highest BCUT2D eigenvalue weighted by Crippen LogP contribution is 2.37. The zero-order chi connectivity index (χ0) is 28.0. The minimum atomic E-state index is -1.28. The zero-order valence-corrected chi connectivity index (χ0v) is 21.7. The molecule has 1 saturated heterocycles. The molecule has 1 aliphatic rings. The van der Waals surface area contributed by atoms with Crippen molar-refractivity contribution in [2.24, 2.45) is 11.1 Å². The summed E-state index contributed by atoms with van der Waals surface area (Å²) < 4.78 is 46.0. The average Bonchev–Trinajstić information content (AvgIpc) is 2.95. The van der Waals surface area contributed by atoms with Crippen LogP contribution in [0.15, 0.2) is 36.5 Å². The van der Waals surface area contributed by atoms with Crippen LogP contribution in [-0.2, 0) is 17.8 Å². The second-order valence-electron chi connectivity index (χ2n) is 9.75. The largest absolute Gasteiger partial charge is 0.497 e. The molecule has 4 N–H and O–H groups in total. The Hall–Kier alpha value is -3.65. The summed E-state index contributed by atoms with van der Waals surface area (Å²) in [7, 11) is 1.61. The molecule has 0 saturated carbocycles. The second kappa shape index (κ2) is 12.5. The first-order chi connectivity index (χ1) is 18.8. The fraction of sp³-hybridized carbons (Fsp3) is 0.379. The lowest BCUT2D eigenvalue weighted by Crippen LogP contribution is -2.48. The number of rotatable bonds is 8. The van der Waals surface area contributed by atoms with Gasteiger partial charge in [0.05, 0.1) is 30.1 Å². The Labute approximate surface area is 225 Å². The molecule has 2 heterocycles. The van der Waals surface area contributed by atoms with E-state index in [4.69, 9.17) is 10.5 Å². The van der Waals surface area contributed by atoms with Crippen molar-refractivity contribution in [2.75, 3.05) is 26.7 Å². The number of carbonyl (C=O) groups excluding carboxylic acids is 1. The van der Waals surface area contributed by atoms with Crippen LogP contribution in [0.1, 0.15) is 42.4 Å². The van der Waals surface area contributed by atoms with Crippen molar-refractivity contribution in [2.45, 2.75) is 38.6 Å². The number of nitrogens with two attached hydrogens (primary N) is 1. The molecule has 1 fully saturated rings. The molecule has 3 aromatic rings. The van der Waals surface area contributed by atoms with Crippen molar-refractivity contribution in [3.63, 3.8) is 0 Å². The molecule has 10 heteroatoms. The summed E-state index contributed by atoms with van der Waals surface area (Å²) in [6, 6.07) is 7.03. The predicted octanol–water partition coefficient (Wildman–Crippen LogP) is 4.08. The SMILES string of the molecule is COc1ccc2ncc(CN)c(CCCC3(C(=O)NO)CCN(CC#Cc4cc(F)cc(F)c4F)CC3)c2c1. The van der Waals surface area contributed by atoms with Gasteiger partial charge in [0.2, 0.25) is 5.91 Å². The van der Waals surface area contributed by atoms with Gasteiger partial charge in [-0.2, -0.15) is 0 Å². The number of hydrogen-bond donors (Lipinski definition) is 3. The quantitative estimate of drug-likeness (QED) is 0.172. The summed E-state index contributed by atoms with van der Waals surface area (Å²) in [6.45, 7) is 1.62. The lowest BCUT2D eigenvalue weighted by molar-refractivity contribution is -0.143. The number of hydroxylamine groups is 1. The molecule has 0 bridgehead atoms. The summed E-state index contributed by atoms with van der Waals surface area (Å²) in [5.74, 6) is 2.19. The van der Waals surface area contributed by atoms with Crippen LogP contribution in [0, 0.1) is 34.7 Å². The number of likely N-dealkylation sites (tertiary alicyclic amines) is 1. The number of halogens is 3. The number of fused-ring (bicyclic) bond motifs is 1. The number of methoxy groups -OCH3 is 1. The van der Waals surface area contributed by atoms with Crippen LogP contribution in [0.3, 0.4) is 0 Å². The lowest BCUT2D eigenvalue weighted by atomic mass is 9.73. The Bertz CT molecular complexity index is 1410. The summed E-state index contributed by atoms with van der Waals surface area (Å²) in [6.07, 6.45) is 4.65. The van der Waals surface area contributed by atoms with Crippen molar-refractivity contribution in [3.8, 4) is 17.6 Å². The van der Waals surface area contributed by atoms with Crippen LogP contribution in [0.25, 0.3) is 10.9 Å². The third-order valence-electron chi connectivity index (χ3n) is 7.49. The van der Waals surface area contributed by atoms with E-state index in [1.54, 1.807) is 13.3 Å². The highest BCUT2D eigenvalue weighted by atomic mass is 19.2. The van der Waals surface area contributed by atoms with E-state index >= 15 is 0 Å². The number of nitrogens with one attached hydrogen (secondary N) is 1. The van der Waals surface area contributed by atoms with E-state index in [9.17, 15) is 23.2 Å². The first kappa shape index (κ1) is 28.4. The summed E-state index contributed by atoms with van der Waals surface area (Å²) in [4.78, 5) is 19.3. The lowest BCUT2D eigenvalue weighted by Gasteiger charge is -2.39. The molecular weight excluding hydrogens is 509 g/mol. The molecular formula is C29H31F3N4O3. The average molecular weight is 541 g/mol. The molecule has 0 spiro atoms. The highest BCUT2D eigenvalue weighted by Gasteiger charge is 2.40. The number of piperidine rings is 1. The topological polar surface area (TPSA) is 101 Å². The van der Waals surface area contributed by atoms with Gasteiger partial charge >= 0.3 is 0 Å². The fourth-order valence-electron chi connectivity index (χ4n) is 5.21. The van der Waals surface area contributed by atoms with Crippen LogP contribution in [-0.4, -0.2) is 47.7 Å². The van der Waals surface area contributed by atoms with Crippen LogP contribution in [0.2, 0.25) is 0 Å². The molecule has 0 radical (unpaired) electrons.